The van der Waals surface area contributed by atoms with Crippen molar-refractivity contribution < 1.29 is 0 Å². The summed E-state index contributed by atoms with van der Waals surface area (Å²) in [5, 5.41) is 5.83. The van der Waals surface area contributed by atoms with Gasteiger partial charge in [-0.1, -0.05) is 46.2 Å². The van der Waals surface area contributed by atoms with Crippen molar-refractivity contribution in [2.24, 2.45) is 10.1 Å². The van der Waals surface area contributed by atoms with E-state index < -0.39 is 0 Å². The summed E-state index contributed by atoms with van der Waals surface area (Å²) in [4.78, 5) is 7.40. The molecule has 0 aromatic heterocycles. The van der Waals surface area contributed by atoms with E-state index in [9.17, 15) is 0 Å². The van der Waals surface area contributed by atoms with E-state index in [1.807, 2.05) is 32.1 Å². The van der Waals surface area contributed by atoms with Gasteiger partial charge < -0.3 is 4.90 Å². The number of anilines is 1. The standard InChI is InChI=1S/C16H21BrN4S/c1-21(2)12-8-6-11(7-9-12)10-18-20-16-19-14-5-3-4-13(17)15(14)22-16/h6-10,13-15H,3-5H2,1-2H3,(H,19,20)/b18-10-/t13-,14-,15-/m1/s1. The summed E-state index contributed by atoms with van der Waals surface area (Å²) in [7, 11) is 4.08. The quantitative estimate of drug-likeness (QED) is 0.495. The fourth-order valence-electron chi connectivity index (χ4n) is 2.77. The van der Waals surface area contributed by atoms with Crippen molar-refractivity contribution in [1.82, 2.24) is 5.43 Å². The van der Waals surface area contributed by atoms with Crippen LogP contribution in [0, 0.1) is 0 Å². The topological polar surface area (TPSA) is 40.0 Å². The number of thioether (sulfide) groups is 1. The number of rotatable bonds is 3. The molecule has 22 heavy (non-hydrogen) atoms. The maximum Gasteiger partial charge on any atom is 0.177 e. The number of hydrazone groups is 1. The van der Waals surface area contributed by atoms with Crippen LogP contribution in [-0.4, -0.2) is 41.6 Å². The van der Waals surface area contributed by atoms with E-state index in [-0.39, 0.29) is 0 Å². The number of aliphatic imine (C=N–C) groups is 1. The van der Waals surface area contributed by atoms with E-state index in [0.29, 0.717) is 16.1 Å². The third-order valence-corrected chi connectivity index (χ3v) is 6.74. The van der Waals surface area contributed by atoms with Gasteiger partial charge in [0.25, 0.3) is 0 Å². The molecule has 1 saturated carbocycles. The van der Waals surface area contributed by atoms with Crippen LogP contribution in [0.2, 0.25) is 0 Å². The van der Waals surface area contributed by atoms with Crippen LogP contribution in [0.25, 0.3) is 0 Å². The maximum atomic E-state index is 4.75. The predicted octanol–water partition coefficient (Wildman–Crippen LogP) is 3.46. The van der Waals surface area contributed by atoms with Crippen molar-refractivity contribution >= 4 is 44.8 Å². The highest BCUT2D eigenvalue weighted by atomic mass is 79.9. The Bertz CT molecular complexity index is 570. The molecular formula is C16H21BrN4S. The molecule has 6 heteroatoms. The third kappa shape index (κ3) is 3.66. The van der Waals surface area contributed by atoms with Crippen LogP contribution in [0.5, 0.6) is 0 Å². The Labute approximate surface area is 144 Å². The molecule has 2 aliphatic rings. The second kappa shape index (κ2) is 7.04. The lowest BCUT2D eigenvalue weighted by Gasteiger charge is -2.27. The molecule has 1 aliphatic heterocycles. The number of amidine groups is 1. The lowest BCUT2D eigenvalue weighted by molar-refractivity contribution is 0.475. The van der Waals surface area contributed by atoms with E-state index in [1.54, 1.807) is 0 Å². The number of hydrogen-bond acceptors (Lipinski definition) is 5. The Morgan fingerprint density at radius 2 is 2.09 bits per heavy atom. The second-order valence-electron chi connectivity index (χ2n) is 5.89. The summed E-state index contributed by atoms with van der Waals surface area (Å²) in [6.07, 6.45) is 5.55. The molecular weight excluding hydrogens is 360 g/mol. The molecule has 1 aromatic rings. The molecule has 3 atom stereocenters. The summed E-state index contributed by atoms with van der Waals surface area (Å²) >= 11 is 5.60. The van der Waals surface area contributed by atoms with Crippen LogP contribution >= 0.6 is 27.7 Å². The Balaban J connectivity index is 1.56. The van der Waals surface area contributed by atoms with Gasteiger partial charge in [-0.2, -0.15) is 5.10 Å². The maximum absolute atomic E-state index is 4.75. The number of hydrogen-bond donors (Lipinski definition) is 1. The fraction of sp³-hybridized carbons (Fsp3) is 0.500. The van der Waals surface area contributed by atoms with Crippen molar-refractivity contribution in [1.29, 1.82) is 0 Å². The van der Waals surface area contributed by atoms with Crippen molar-refractivity contribution in [3.8, 4) is 0 Å². The van der Waals surface area contributed by atoms with Crippen LogP contribution in [0.4, 0.5) is 5.69 Å². The first kappa shape index (κ1) is 15.9. The first-order valence-electron chi connectivity index (χ1n) is 7.58. The van der Waals surface area contributed by atoms with E-state index in [2.05, 4.69) is 55.6 Å². The average molecular weight is 381 g/mol. The first-order valence-corrected chi connectivity index (χ1v) is 9.38. The number of halogens is 1. The molecule has 0 amide bonds. The van der Waals surface area contributed by atoms with Gasteiger partial charge in [-0.3, -0.25) is 10.4 Å². The summed E-state index contributed by atoms with van der Waals surface area (Å²) in [5.74, 6) is 0. The zero-order valence-electron chi connectivity index (χ0n) is 12.9. The van der Waals surface area contributed by atoms with Crippen LogP contribution in [0.15, 0.2) is 34.4 Å². The zero-order valence-corrected chi connectivity index (χ0v) is 15.3. The van der Waals surface area contributed by atoms with Crippen molar-refractivity contribution in [3.05, 3.63) is 29.8 Å². The number of alkyl halides is 1. The van der Waals surface area contributed by atoms with Gasteiger partial charge in [0.1, 0.15) is 0 Å². The zero-order chi connectivity index (χ0) is 15.5. The van der Waals surface area contributed by atoms with Gasteiger partial charge in [0, 0.05) is 29.9 Å². The number of nitrogens with zero attached hydrogens (tertiary/aromatic N) is 3. The molecule has 0 bridgehead atoms. The SMILES string of the molecule is CN(C)c1ccc(/C=N\NC2=N[C@@H]3CCC[C@@H](Br)[C@H]3S2)cc1. The smallest absolute Gasteiger partial charge is 0.177 e. The Morgan fingerprint density at radius 3 is 2.77 bits per heavy atom. The number of benzene rings is 1. The van der Waals surface area contributed by atoms with Gasteiger partial charge in [0.15, 0.2) is 5.17 Å². The molecule has 0 unspecified atom stereocenters. The van der Waals surface area contributed by atoms with E-state index in [0.717, 1.165) is 10.7 Å². The highest BCUT2D eigenvalue weighted by Gasteiger charge is 2.37. The minimum Gasteiger partial charge on any atom is -0.378 e. The highest BCUT2D eigenvalue weighted by Crippen LogP contribution is 2.39. The van der Waals surface area contributed by atoms with Crippen LogP contribution in [0.1, 0.15) is 24.8 Å². The van der Waals surface area contributed by atoms with Gasteiger partial charge in [0.2, 0.25) is 0 Å². The van der Waals surface area contributed by atoms with Crippen LogP contribution in [-0.2, 0) is 0 Å². The minimum atomic E-state index is 0.445. The molecule has 0 radical (unpaired) electrons. The number of fused-ring (bicyclic) bond motifs is 1. The lowest BCUT2D eigenvalue weighted by atomic mass is 9.95. The van der Waals surface area contributed by atoms with Crippen LogP contribution < -0.4 is 10.3 Å². The lowest BCUT2D eigenvalue weighted by Crippen LogP contribution is -2.31. The Hall–Kier alpha value is -1.01. The number of nitrogens with one attached hydrogen (secondary N) is 1. The van der Waals surface area contributed by atoms with Crippen molar-refractivity contribution in [2.75, 3.05) is 19.0 Å². The van der Waals surface area contributed by atoms with Gasteiger partial charge in [-0.25, -0.2) is 0 Å². The van der Waals surface area contributed by atoms with E-state index in [4.69, 9.17) is 4.99 Å². The average Bonchev–Trinajstić information content (AvgIpc) is 2.92. The molecule has 0 spiro atoms. The first-order chi connectivity index (χ1) is 10.6. The molecule has 1 N–H and O–H groups in total. The molecule has 0 saturated heterocycles. The predicted molar refractivity (Wildman–Crippen MR) is 101 cm³/mol. The minimum absolute atomic E-state index is 0.445. The van der Waals surface area contributed by atoms with Crippen molar-refractivity contribution in [3.63, 3.8) is 0 Å². The Morgan fingerprint density at radius 1 is 1.32 bits per heavy atom. The fourth-order valence-corrected chi connectivity index (χ4v) is 4.96. The monoisotopic (exact) mass is 380 g/mol. The Kier molecular flexibility index (Phi) is 5.08. The summed E-state index contributed by atoms with van der Waals surface area (Å²) in [5.41, 5.74) is 5.36. The van der Waals surface area contributed by atoms with Gasteiger partial charge in [0.05, 0.1) is 12.3 Å². The molecule has 1 aliphatic carbocycles. The molecule has 3 rings (SSSR count). The highest BCUT2D eigenvalue weighted by molar-refractivity contribution is 9.09. The van der Waals surface area contributed by atoms with Crippen LogP contribution in [0.3, 0.4) is 0 Å². The normalized spacial score (nSPS) is 27.6. The van der Waals surface area contributed by atoms with Crippen molar-refractivity contribution in [2.45, 2.75) is 35.4 Å². The van der Waals surface area contributed by atoms with E-state index in [1.165, 1.54) is 24.9 Å². The second-order valence-corrected chi connectivity index (χ2v) is 8.23. The molecule has 1 fully saturated rings. The van der Waals surface area contributed by atoms with Gasteiger partial charge >= 0.3 is 0 Å². The molecule has 1 heterocycles. The molecule has 1 aromatic carbocycles. The van der Waals surface area contributed by atoms with E-state index >= 15 is 0 Å². The third-order valence-electron chi connectivity index (χ3n) is 4.03. The van der Waals surface area contributed by atoms with Gasteiger partial charge in [-0.15, -0.1) is 0 Å². The summed E-state index contributed by atoms with van der Waals surface area (Å²) in [6, 6.07) is 8.76. The summed E-state index contributed by atoms with van der Waals surface area (Å²) < 4.78 is 0. The summed E-state index contributed by atoms with van der Waals surface area (Å²) in [6.45, 7) is 0. The largest absolute Gasteiger partial charge is 0.378 e. The van der Waals surface area contributed by atoms with Gasteiger partial charge in [-0.05, 0) is 30.5 Å². The molecule has 118 valence electrons. The molecule has 4 nitrogen and oxygen atoms in total.